The lowest BCUT2D eigenvalue weighted by atomic mass is 10.1. The number of benzene rings is 1. The van der Waals surface area contributed by atoms with Crippen LogP contribution in [0, 0.1) is 0 Å². The molecule has 12 heteroatoms. The van der Waals surface area contributed by atoms with Crippen LogP contribution in [0.5, 0.6) is 0 Å². The van der Waals surface area contributed by atoms with Crippen molar-refractivity contribution in [2.24, 2.45) is 0 Å². The van der Waals surface area contributed by atoms with Crippen molar-refractivity contribution < 1.29 is 27.6 Å². The first kappa shape index (κ1) is 22.3. The molecule has 30 heavy (non-hydrogen) atoms. The number of hydroxylamine groups is 1. The Morgan fingerprint density at radius 2 is 2.00 bits per heavy atom. The molecule has 1 fully saturated rings. The van der Waals surface area contributed by atoms with Crippen LogP contribution in [0.15, 0.2) is 52.0 Å². The predicted octanol–water partition coefficient (Wildman–Crippen LogP) is 2.05. The molecule has 2 heterocycles. The Labute approximate surface area is 182 Å². The third kappa shape index (κ3) is 4.85. The third-order valence-electron chi connectivity index (χ3n) is 4.45. The summed E-state index contributed by atoms with van der Waals surface area (Å²) in [6, 6.07) is 5.19. The molecule has 1 aromatic carbocycles. The Hall–Kier alpha value is -2.37. The number of nitrogens with one attached hydrogen (secondary N) is 2. The zero-order valence-electron chi connectivity index (χ0n) is 15.3. The van der Waals surface area contributed by atoms with E-state index >= 15 is 0 Å². The van der Waals surface area contributed by atoms with Crippen LogP contribution in [0.2, 0.25) is 10.0 Å². The van der Waals surface area contributed by atoms with Crippen LogP contribution >= 0.6 is 23.2 Å². The Kier molecular flexibility index (Phi) is 6.84. The van der Waals surface area contributed by atoms with Crippen molar-refractivity contribution in [2.75, 3.05) is 6.54 Å². The van der Waals surface area contributed by atoms with Gasteiger partial charge in [-0.1, -0.05) is 23.2 Å². The number of amides is 2. The topological polar surface area (TPSA) is 129 Å². The molecule has 1 saturated heterocycles. The van der Waals surface area contributed by atoms with E-state index in [0.29, 0.717) is 5.76 Å². The fraction of sp³-hybridized carbons (Fsp3) is 0.222. The molecular formula is C18H17Cl2N3O6S. The molecular weight excluding hydrogens is 457 g/mol. The van der Waals surface area contributed by atoms with Crippen molar-refractivity contribution in [2.45, 2.75) is 23.4 Å². The van der Waals surface area contributed by atoms with Gasteiger partial charge in [0.1, 0.15) is 11.8 Å². The number of carbonyl (C=O) groups excluding carboxylic acids is 2. The minimum atomic E-state index is -4.16. The van der Waals surface area contributed by atoms with Gasteiger partial charge in [0.25, 0.3) is 5.91 Å². The summed E-state index contributed by atoms with van der Waals surface area (Å²) in [5.41, 5.74) is 1.47. The summed E-state index contributed by atoms with van der Waals surface area (Å²) >= 11 is 11.8. The minimum Gasteiger partial charge on any atom is -0.465 e. The van der Waals surface area contributed by atoms with E-state index in [2.05, 4.69) is 5.32 Å². The smallest absolute Gasteiger partial charge is 0.261 e. The van der Waals surface area contributed by atoms with Crippen molar-refractivity contribution in [1.82, 2.24) is 15.1 Å². The van der Waals surface area contributed by atoms with Gasteiger partial charge in [0.15, 0.2) is 0 Å². The summed E-state index contributed by atoms with van der Waals surface area (Å²) in [5.74, 6) is -0.937. The van der Waals surface area contributed by atoms with E-state index in [4.69, 9.17) is 32.8 Å². The Balaban J connectivity index is 1.79. The second kappa shape index (κ2) is 9.19. The lowest BCUT2D eigenvalue weighted by Crippen LogP contribution is -2.45. The molecule has 1 aliphatic heterocycles. The normalized spacial score (nSPS) is 19.8. The zero-order valence-corrected chi connectivity index (χ0v) is 17.6. The van der Waals surface area contributed by atoms with Crippen molar-refractivity contribution in [3.8, 4) is 0 Å². The standard InChI is InChI=1S/C18H17Cl2N3O6S/c19-14-5-4-13(9-15(14)20)30(27,28)23-10-11(8-16(23)18(25)22-26)21-17(24)6-3-12-2-1-7-29-12/h1-7,9,11,16,26H,8,10H2,(H,21,24)(H,22,25)/b6-3+/t11-,16-/m1/s1. The van der Waals surface area contributed by atoms with Gasteiger partial charge in [-0.25, -0.2) is 13.9 Å². The summed E-state index contributed by atoms with van der Waals surface area (Å²) in [5, 5.41) is 11.9. The third-order valence-corrected chi connectivity index (χ3v) is 7.06. The van der Waals surface area contributed by atoms with Gasteiger partial charge in [0.05, 0.1) is 21.2 Å². The SMILES string of the molecule is O=C(/C=C/c1ccco1)N[C@@H]1C[C@H](C(=O)NO)N(S(=O)(=O)c2ccc(Cl)c(Cl)c2)C1. The van der Waals surface area contributed by atoms with Crippen molar-refractivity contribution in [3.05, 3.63) is 58.5 Å². The van der Waals surface area contributed by atoms with Gasteiger partial charge < -0.3 is 9.73 Å². The van der Waals surface area contributed by atoms with Gasteiger partial charge in [-0.2, -0.15) is 4.31 Å². The molecule has 160 valence electrons. The molecule has 0 unspecified atom stereocenters. The van der Waals surface area contributed by atoms with Crippen molar-refractivity contribution in [1.29, 1.82) is 0 Å². The average molecular weight is 474 g/mol. The van der Waals surface area contributed by atoms with E-state index in [0.717, 1.165) is 4.31 Å². The Morgan fingerprint density at radius 1 is 1.23 bits per heavy atom. The summed E-state index contributed by atoms with van der Waals surface area (Å²) in [6.07, 6.45) is 4.11. The number of hydrogen-bond donors (Lipinski definition) is 3. The number of nitrogens with zero attached hydrogens (tertiary/aromatic N) is 1. The number of rotatable bonds is 6. The lowest BCUT2D eigenvalue weighted by Gasteiger charge is -2.22. The van der Waals surface area contributed by atoms with E-state index < -0.39 is 33.9 Å². The summed E-state index contributed by atoms with van der Waals surface area (Å²) in [7, 11) is -4.16. The molecule has 3 N–H and O–H groups in total. The van der Waals surface area contributed by atoms with Crippen LogP contribution in [-0.4, -0.2) is 48.4 Å². The van der Waals surface area contributed by atoms with Crippen LogP contribution in [0.25, 0.3) is 6.08 Å². The highest BCUT2D eigenvalue weighted by Gasteiger charge is 2.44. The largest absolute Gasteiger partial charge is 0.465 e. The number of sulfonamides is 1. The highest BCUT2D eigenvalue weighted by molar-refractivity contribution is 7.89. The molecule has 9 nitrogen and oxygen atoms in total. The maximum absolute atomic E-state index is 13.1. The summed E-state index contributed by atoms with van der Waals surface area (Å²) < 4.78 is 32.1. The van der Waals surface area contributed by atoms with Crippen LogP contribution in [0.4, 0.5) is 0 Å². The second-order valence-corrected chi connectivity index (χ2v) is 9.14. The fourth-order valence-corrected chi connectivity index (χ4v) is 5.09. The molecule has 1 aromatic heterocycles. The first-order valence-electron chi connectivity index (χ1n) is 8.65. The molecule has 0 aliphatic carbocycles. The summed E-state index contributed by atoms with van der Waals surface area (Å²) in [6.45, 7) is -0.180. The van der Waals surface area contributed by atoms with E-state index in [1.165, 1.54) is 42.1 Å². The predicted molar refractivity (Wildman–Crippen MR) is 108 cm³/mol. The fourth-order valence-electron chi connectivity index (χ4n) is 3.05. The van der Waals surface area contributed by atoms with Gasteiger partial charge in [-0.3, -0.25) is 14.8 Å². The lowest BCUT2D eigenvalue weighted by molar-refractivity contribution is -0.132. The molecule has 2 amide bonds. The first-order chi connectivity index (χ1) is 14.2. The van der Waals surface area contributed by atoms with Gasteiger partial charge in [-0.15, -0.1) is 0 Å². The van der Waals surface area contributed by atoms with Gasteiger partial charge in [0.2, 0.25) is 15.9 Å². The Bertz CT molecular complexity index is 1070. The Morgan fingerprint density at radius 3 is 2.63 bits per heavy atom. The number of halogens is 2. The van der Waals surface area contributed by atoms with Crippen molar-refractivity contribution >= 4 is 51.1 Å². The average Bonchev–Trinajstić information content (AvgIpc) is 3.38. The van der Waals surface area contributed by atoms with E-state index in [1.807, 2.05) is 0 Å². The quantitative estimate of drug-likeness (QED) is 0.334. The highest BCUT2D eigenvalue weighted by atomic mass is 35.5. The highest BCUT2D eigenvalue weighted by Crippen LogP contribution is 2.30. The molecule has 2 atom stereocenters. The monoisotopic (exact) mass is 473 g/mol. The molecule has 0 spiro atoms. The van der Waals surface area contributed by atoms with Crippen LogP contribution in [0.1, 0.15) is 12.2 Å². The number of hydrogen-bond acceptors (Lipinski definition) is 6. The molecule has 1 aliphatic rings. The molecule has 0 radical (unpaired) electrons. The van der Waals surface area contributed by atoms with E-state index in [9.17, 15) is 18.0 Å². The van der Waals surface area contributed by atoms with Gasteiger partial charge >= 0.3 is 0 Å². The first-order valence-corrected chi connectivity index (χ1v) is 10.8. The summed E-state index contributed by atoms with van der Waals surface area (Å²) in [4.78, 5) is 24.1. The van der Waals surface area contributed by atoms with Crippen LogP contribution < -0.4 is 10.8 Å². The second-order valence-electron chi connectivity index (χ2n) is 6.43. The zero-order chi connectivity index (χ0) is 21.9. The maximum Gasteiger partial charge on any atom is 0.261 e. The number of carbonyl (C=O) groups is 2. The van der Waals surface area contributed by atoms with E-state index in [1.54, 1.807) is 12.1 Å². The van der Waals surface area contributed by atoms with Crippen LogP contribution in [-0.2, 0) is 19.6 Å². The minimum absolute atomic E-state index is 0.0344. The molecule has 0 saturated carbocycles. The maximum atomic E-state index is 13.1. The molecule has 3 rings (SSSR count). The van der Waals surface area contributed by atoms with Gasteiger partial charge in [-0.05, 0) is 42.8 Å². The molecule has 2 aromatic rings. The van der Waals surface area contributed by atoms with Crippen LogP contribution in [0.3, 0.4) is 0 Å². The van der Waals surface area contributed by atoms with E-state index in [-0.39, 0.29) is 27.9 Å². The van der Waals surface area contributed by atoms with Gasteiger partial charge in [0, 0.05) is 18.7 Å². The van der Waals surface area contributed by atoms with Crippen molar-refractivity contribution in [3.63, 3.8) is 0 Å². The number of furan rings is 1. The molecule has 0 bridgehead atoms.